The zero-order valence-electron chi connectivity index (χ0n) is 23.9. The number of rotatable bonds is 13. The first kappa shape index (κ1) is 33.8. The Balaban J connectivity index is 1.59. The van der Waals surface area contributed by atoms with Gasteiger partial charge in [0.1, 0.15) is 18.5 Å². The highest BCUT2D eigenvalue weighted by Gasteiger charge is 2.42. The number of para-hydroxylation sites is 2. The van der Waals surface area contributed by atoms with Gasteiger partial charge in [-0.05, 0) is 48.4 Å². The number of urea groups is 1. The Labute approximate surface area is 251 Å². The second-order valence-corrected chi connectivity index (χ2v) is 9.81. The van der Waals surface area contributed by atoms with Crippen molar-refractivity contribution in [1.82, 2.24) is 10.2 Å². The molecule has 2 atom stereocenters. The lowest BCUT2D eigenvalue weighted by molar-refractivity contribution is -0.189. The van der Waals surface area contributed by atoms with Gasteiger partial charge in [-0.3, -0.25) is 4.79 Å². The summed E-state index contributed by atoms with van der Waals surface area (Å²) in [5, 5.41) is 27.9. The molecule has 11 nitrogen and oxygen atoms in total. The number of nitrogens with zero attached hydrogens (tertiary/aromatic N) is 1. The highest BCUT2D eigenvalue weighted by atomic mass is 19.4. The number of carbonyl (C=O) groups excluding carboxylic acids is 3. The Morgan fingerprint density at radius 1 is 0.932 bits per heavy atom. The predicted molar refractivity (Wildman–Crippen MR) is 156 cm³/mol. The highest BCUT2D eigenvalue weighted by Crippen LogP contribution is 2.32. The molecule has 5 N–H and O–H groups in total. The number of esters is 1. The van der Waals surface area contributed by atoms with Gasteiger partial charge in [-0.2, -0.15) is 13.2 Å². The van der Waals surface area contributed by atoms with Crippen LogP contribution >= 0.6 is 0 Å². The topological polar surface area (TPSA) is 149 Å². The van der Waals surface area contributed by atoms with Gasteiger partial charge in [0.2, 0.25) is 0 Å². The van der Waals surface area contributed by atoms with Gasteiger partial charge in [0.15, 0.2) is 5.75 Å². The van der Waals surface area contributed by atoms with Crippen molar-refractivity contribution in [1.29, 1.82) is 0 Å². The molecule has 0 aliphatic carbocycles. The third-order valence-corrected chi connectivity index (χ3v) is 6.07. The van der Waals surface area contributed by atoms with Crippen LogP contribution in [-0.2, 0) is 11.2 Å². The van der Waals surface area contributed by atoms with Crippen LogP contribution in [0, 0.1) is 0 Å². The lowest BCUT2D eigenvalue weighted by Crippen LogP contribution is -2.41. The van der Waals surface area contributed by atoms with Crippen molar-refractivity contribution in [2.24, 2.45) is 0 Å². The van der Waals surface area contributed by atoms with E-state index < -0.39 is 35.9 Å². The van der Waals surface area contributed by atoms with E-state index in [1.54, 1.807) is 36.4 Å². The number of halogens is 3. The minimum atomic E-state index is -5.34. The summed E-state index contributed by atoms with van der Waals surface area (Å²) in [7, 11) is 2.72. The fraction of sp³-hybridized carbons (Fsp3) is 0.300. The maximum atomic E-state index is 12.9. The first-order valence-corrected chi connectivity index (χ1v) is 13.4. The van der Waals surface area contributed by atoms with E-state index in [0.717, 1.165) is 16.5 Å². The summed E-state index contributed by atoms with van der Waals surface area (Å²) in [6.07, 6.45) is -5.75. The normalized spacial score (nSPS) is 12.5. The second kappa shape index (κ2) is 15.7. The number of nitrogens with one attached hydrogen (secondary N) is 3. The van der Waals surface area contributed by atoms with Crippen LogP contribution in [0.25, 0.3) is 0 Å². The molecule has 0 saturated carbocycles. The van der Waals surface area contributed by atoms with E-state index in [1.807, 2.05) is 18.2 Å². The SMILES string of the molecule is CN(C)C(=O)c1cccc(NC(=O)Nc2ccc(C[C@@H](CO)NC[C@H](O)COc3ccccc3)cc2)c1OC(=O)C(F)(F)F. The number of hydrogen-bond acceptors (Lipinski definition) is 8. The molecule has 3 aromatic rings. The Kier molecular flexibility index (Phi) is 12.1. The average molecular weight is 619 g/mol. The number of carbonyl (C=O) groups is 3. The van der Waals surface area contributed by atoms with Crippen LogP contribution in [0.5, 0.6) is 11.5 Å². The van der Waals surface area contributed by atoms with Gasteiger partial charge in [-0.15, -0.1) is 0 Å². The van der Waals surface area contributed by atoms with Crippen molar-refractivity contribution in [3.63, 3.8) is 0 Å². The zero-order valence-corrected chi connectivity index (χ0v) is 23.9. The number of ether oxygens (including phenoxy) is 2. The third kappa shape index (κ3) is 10.3. The van der Waals surface area contributed by atoms with Crippen LogP contribution in [0.3, 0.4) is 0 Å². The van der Waals surface area contributed by atoms with Crippen LogP contribution in [-0.4, -0.2) is 85.2 Å². The standard InChI is InChI=1S/C30H33F3N4O7/c1-37(2)27(40)24-9-6-10-25(26(24)44-28(41)30(31,32)33)36-29(42)35-20-13-11-19(12-14-20)15-21(17-38)34-16-22(39)18-43-23-7-4-3-5-8-23/h3-14,21-22,34,38-39H,15-18H2,1-2H3,(H2,35,36,42)/t21-,22-/m0/s1. The van der Waals surface area contributed by atoms with Crippen molar-refractivity contribution in [3.8, 4) is 11.5 Å². The molecule has 0 unspecified atom stereocenters. The Morgan fingerprint density at radius 3 is 2.23 bits per heavy atom. The molecule has 3 rings (SSSR count). The van der Waals surface area contributed by atoms with E-state index in [-0.39, 0.29) is 37.1 Å². The summed E-state index contributed by atoms with van der Waals surface area (Å²) in [6, 6.07) is 18.0. The number of amides is 3. The third-order valence-electron chi connectivity index (χ3n) is 6.07. The number of alkyl halides is 3. The van der Waals surface area contributed by atoms with Gasteiger partial charge >= 0.3 is 18.2 Å². The second-order valence-electron chi connectivity index (χ2n) is 9.81. The number of aliphatic hydroxyl groups excluding tert-OH is 2. The molecule has 0 heterocycles. The molecule has 0 aliphatic rings. The molecule has 0 aromatic heterocycles. The molecule has 44 heavy (non-hydrogen) atoms. The maximum Gasteiger partial charge on any atom is 0.491 e. The largest absolute Gasteiger partial charge is 0.491 e. The maximum absolute atomic E-state index is 12.9. The molecule has 236 valence electrons. The van der Waals surface area contributed by atoms with E-state index in [4.69, 9.17) is 4.74 Å². The first-order chi connectivity index (χ1) is 20.9. The number of hydrogen-bond donors (Lipinski definition) is 5. The van der Waals surface area contributed by atoms with E-state index in [0.29, 0.717) is 17.9 Å². The Hall–Kier alpha value is -4.66. The summed E-state index contributed by atoms with van der Waals surface area (Å²) in [5.74, 6) is -3.43. The Bertz CT molecular complexity index is 1400. The fourth-order valence-corrected chi connectivity index (χ4v) is 3.87. The summed E-state index contributed by atoms with van der Waals surface area (Å²) in [6.45, 7) is 0.0465. The van der Waals surface area contributed by atoms with Crippen molar-refractivity contribution >= 4 is 29.3 Å². The van der Waals surface area contributed by atoms with Crippen molar-refractivity contribution in [2.45, 2.75) is 24.7 Å². The van der Waals surface area contributed by atoms with Gasteiger partial charge in [0.05, 0.1) is 17.9 Å². The van der Waals surface area contributed by atoms with Crippen molar-refractivity contribution in [3.05, 3.63) is 83.9 Å². The quantitative estimate of drug-likeness (QED) is 0.145. The fourth-order valence-electron chi connectivity index (χ4n) is 3.87. The number of benzene rings is 3. The van der Waals surface area contributed by atoms with Crippen molar-refractivity contribution in [2.75, 3.05) is 44.5 Å². The van der Waals surface area contributed by atoms with Crippen LogP contribution in [0.2, 0.25) is 0 Å². The molecule has 0 fully saturated rings. The van der Waals surface area contributed by atoms with Gasteiger partial charge in [0, 0.05) is 32.4 Å². The monoisotopic (exact) mass is 618 g/mol. The van der Waals surface area contributed by atoms with Crippen molar-refractivity contribution < 1.29 is 47.2 Å². The molecular formula is C30H33F3N4O7. The minimum Gasteiger partial charge on any atom is -0.491 e. The number of aliphatic hydroxyl groups is 2. The summed E-state index contributed by atoms with van der Waals surface area (Å²) in [5.41, 5.74) is 0.423. The van der Waals surface area contributed by atoms with E-state index in [1.165, 1.54) is 26.2 Å². The lowest BCUT2D eigenvalue weighted by atomic mass is 10.1. The van der Waals surface area contributed by atoms with Crippen LogP contribution in [0.4, 0.5) is 29.3 Å². The summed E-state index contributed by atoms with van der Waals surface area (Å²) in [4.78, 5) is 37.8. The molecule has 0 aliphatic heterocycles. The molecule has 0 spiro atoms. The molecular weight excluding hydrogens is 585 g/mol. The summed E-state index contributed by atoms with van der Waals surface area (Å²) >= 11 is 0. The van der Waals surface area contributed by atoms with Crippen LogP contribution in [0.1, 0.15) is 15.9 Å². The zero-order chi connectivity index (χ0) is 32.3. The first-order valence-electron chi connectivity index (χ1n) is 13.4. The van der Waals surface area contributed by atoms with Crippen LogP contribution in [0.15, 0.2) is 72.8 Å². The highest BCUT2D eigenvalue weighted by molar-refractivity contribution is 6.05. The van der Waals surface area contributed by atoms with Gasteiger partial charge in [0.25, 0.3) is 5.91 Å². The molecule has 3 aromatic carbocycles. The Morgan fingerprint density at radius 2 is 1.61 bits per heavy atom. The molecule has 0 bridgehead atoms. The lowest BCUT2D eigenvalue weighted by Gasteiger charge is -2.19. The van der Waals surface area contributed by atoms with E-state index in [9.17, 15) is 37.8 Å². The summed E-state index contributed by atoms with van der Waals surface area (Å²) < 4.78 is 48.7. The number of anilines is 2. The molecule has 0 saturated heterocycles. The molecule has 0 radical (unpaired) electrons. The molecule has 14 heteroatoms. The van der Waals surface area contributed by atoms with Gasteiger partial charge in [-0.1, -0.05) is 36.4 Å². The van der Waals surface area contributed by atoms with E-state index in [2.05, 4.69) is 20.7 Å². The van der Waals surface area contributed by atoms with Crippen LogP contribution < -0.4 is 25.4 Å². The van der Waals surface area contributed by atoms with E-state index >= 15 is 0 Å². The minimum absolute atomic E-state index is 0.0695. The predicted octanol–water partition coefficient (Wildman–Crippen LogP) is 3.43. The average Bonchev–Trinajstić information content (AvgIpc) is 2.99. The smallest absolute Gasteiger partial charge is 0.491 e. The van der Waals surface area contributed by atoms with Gasteiger partial charge in [-0.25, -0.2) is 9.59 Å². The van der Waals surface area contributed by atoms with Gasteiger partial charge < -0.3 is 40.5 Å². The molecule has 3 amide bonds.